The summed E-state index contributed by atoms with van der Waals surface area (Å²) in [6, 6.07) is 62.6. The highest BCUT2D eigenvalue weighted by Crippen LogP contribution is 2.64. The number of thiophene rings is 1. The van der Waals surface area contributed by atoms with Gasteiger partial charge < -0.3 is 9.32 Å². The van der Waals surface area contributed by atoms with Crippen LogP contribution < -0.4 is 4.90 Å². The van der Waals surface area contributed by atoms with E-state index >= 15 is 0 Å². The van der Waals surface area contributed by atoms with Gasteiger partial charge >= 0.3 is 0 Å². The number of fused-ring (bicyclic) bond motifs is 16. The van der Waals surface area contributed by atoms with Crippen LogP contribution in [-0.2, 0) is 5.41 Å². The Morgan fingerprint density at radius 2 is 1.19 bits per heavy atom. The van der Waals surface area contributed by atoms with Crippen LogP contribution >= 0.6 is 23.1 Å². The molecule has 1 spiro atoms. The average molecular weight is 726 g/mol. The lowest BCUT2D eigenvalue weighted by Gasteiger charge is -2.40. The first-order chi connectivity index (χ1) is 26.7. The van der Waals surface area contributed by atoms with Crippen LogP contribution in [0.2, 0.25) is 0 Å². The van der Waals surface area contributed by atoms with Crippen molar-refractivity contribution in [2.24, 2.45) is 0 Å². The number of hydrogen-bond acceptors (Lipinski definition) is 4. The molecule has 0 atom stereocenters. The number of furan rings is 1. The second-order valence-electron chi connectivity index (χ2n) is 14.4. The molecule has 0 saturated heterocycles. The lowest BCUT2D eigenvalue weighted by atomic mass is 9.67. The number of benzene rings is 8. The summed E-state index contributed by atoms with van der Waals surface area (Å²) in [5.41, 5.74) is 13.8. The predicted molar refractivity (Wildman–Crippen MR) is 227 cm³/mol. The lowest BCUT2D eigenvalue weighted by molar-refractivity contribution is 0.669. The third-order valence-corrected chi connectivity index (χ3v) is 14.0. The normalized spacial score (nSPS) is 13.7. The van der Waals surface area contributed by atoms with Crippen LogP contribution in [0, 0.1) is 6.92 Å². The Bertz CT molecular complexity index is 3140. The molecular weight excluding hydrogens is 695 g/mol. The maximum atomic E-state index is 6.70. The Kier molecular flexibility index (Phi) is 6.32. The van der Waals surface area contributed by atoms with E-state index in [9.17, 15) is 0 Å². The number of aryl methyl sites for hydroxylation is 1. The molecule has 8 aromatic carbocycles. The lowest BCUT2D eigenvalue weighted by Crippen LogP contribution is -2.32. The van der Waals surface area contributed by atoms with Crippen LogP contribution in [0.3, 0.4) is 0 Å². The SMILES string of the molecule is Cc1ccccc1N(c1ccc2c(c1)Sc1c(ccc3sc4ccccc4c13)C21c2ccccc2-c2ccccc21)c1cccc2c1oc1ccccc12. The van der Waals surface area contributed by atoms with Crippen LogP contribution in [-0.4, -0.2) is 0 Å². The maximum Gasteiger partial charge on any atom is 0.159 e. The van der Waals surface area contributed by atoms with Gasteiger partial charge in [0.15, 0.2) is 5.58 Å². The van der Waals surface area contributed by atoms with Gasteiger partial charge in [-0.1, -0.05) is 139 Å². The van der Waals surface area contributed by atoms with Crippen molar-refractivity contribution >= 4 is 82.3 Å². The van der Waals surface area contributed by atoms with Crippen LogP contribution in [0.5, 0.6) is 0 Å². The minimum Gasteiger partial charge on any atom is -0.454 e. The number of anilines is 3. The van der Waals surface area contributed by atoms with E-state index in [1.54, 1.807) is 0 Å². The molecular formula is C50H31NOS2. The summed E-state index contributed by atoms with van der Waals surface area (Å²) in [4.78, 5) is 5.02. The number of nitrogens with zero attached hydrogens (tertiary/aromatic N) is 1. The quantitative estimate of drug-likeness (QED) is 0.180. The Labute approximate surface area is 320 Å². The van der Waals surface area contributed by atoms with E-state index in [0.717, 1.165) is 39.0 Å². The molecule has 10 aromatic rings. The van der Waals surface area contributed by atoms with E-state index < -0.39 is 5.41 Å². The summed E-state index contributed by atoms with van der Waals surface area (Å²) >= 11 is 3.82. The molecule has 254 valence electrons. The van der Waals surface area contributed by atoms with Gasteiger partial charge in [-0.15, -0.1) is 11.3 Å². The Balaban J connectivity index is 1.18. The van der Waals surface area contributed by atoms with Crippen LogP contribution in [0.4, 0.5) is 17.1 Å². The predicted octanol–water partition coefficient (Wildman–Crippen LogP) is 14.6. The monoisotopic (exact) mass is 725 g/mol. The van der Waals surface area contributed by atoms with Crippen molar-refractivity contribution in [2.75, 3.05) is 4.90 Å². The zero-order valence-electron chi connectivity index (χ0n) is 29.3. The van der Waals surface area contributed by atoms with E-state index in [1.165, 1.54) is 68.9 Å². The minimum absolute atomic E-state index is 0.467. The summed E-state index contributed by atoms with van der Waals surface area (Å²) in [5.74, 6) is 0. The number of hydrogen-bond donors (Lipinski definition) is 0. The minimum atomic E-state index is -0.467. The van der Waals surface area contributed by atoms with Gasteiger partial charge in [-0.25, -0.2) is 0 Å². The topological polar surface area (TPSA) is 16.4 Å². The van der Waals surface area contributed by atoms with E-state index in [4.69, 9.17) is 4.42 Å². The van der Waals surface area contributed by atoms with Crippen molar-refractivity contribution in [1.82, 2.24) is 0 Å². The standard InChI is InChI=1S/C50H31NOS2/c1-30-13-2-9-21-41(30)51(42-22-12-18-35-34-16-5-10-23-43(34)52-48(35)42)31-25-26-39-46(29-31)54-49-40(27-28-45-47(49)36-17-6-11-24-44(36)53-45)50(39)37-19-7-3-14-32(37)33-15-4-8-20-38(33)50/h2-29H,1H3. The molecule has 0 N–H and O–H groups in total. The van der Waals surface area contributed by atoms with Crippen molar-refractivity contribution in [1.29, 1.82) is 0 Å². The summed E-state index contributed by atoms with van der Waals surface area (Å²) in [6.45, 7) is 2.20. The Morgan fingerprint density at radius 1 is 0.519 bits per heavy atom. The second-order valence-corrected chi connectivity index (χ2v) is 16.5. The van der Waals surface area contributed by atoms with Crippen molar-refractivity contribution in [3.8, 4) is 11.1 Å². The van der Waals surface area contributed by atoms with E-state index in [1.807, 2.05) is 29.2 Å². The molecule has 3 heterocycles. The van der Waals surface area contributed by atoms with E-state index in [-0.39, 0.29) is 0 Å². The molecule has 0 radical (unpaired) electrons. The van der Waals surface area contributed by atoms with Gasteiger partial charge in [-0.05, 0) is 88.3 Å². The maximum absolute atomic E-state index is 6.70. The van der Waals surface area contributed by atoms with Crippen LogP contribution in [0.15, 0.2) is 184 Å². The molecule has 54 heavy (non-hydrogen) atoms. The molecule has 12 rings (SSSR count). The highest BCUT2D eigenvalue weighted by molar-refractivity contribution is 7.99. The van der Waals surface area contributed by atoms with Gasteiger partial charge in [0.05, 0.1) is 11.1 Å². The zero-order valence-corrected chi connectivity index (χ0v) is 31.0. The highest BCUT2D eigenvalue weighted by atomic mass is 32.2. The average Bonchev–Trinajstić information content (AvgIpc) is 3.88. The first-order valence-electron chi connectivity index (χ1n) is 18.4. The van der Waals surface area contributed by atoms with Gasteiger partial charge in [0.2, 0.25) is 0 Å². The first kappa shape index (κ1) is 30.4. The fraction of sp³-hybridized carbons (Fsp3) is 0.0400. The summed E-state index contributed by atoms with van der Waals surface area (Å²) in [5, 5.41) is 4.93. The van der Waals surface area contributed by atoms with Crippen LogP contribution in [0.25, 0.3) is 53.2 Å². The van der Waals surface area contributed by atoms with Crippen molar-refractivity contribution in [2.45, 2.75) is 22.1 Å². The third-order valence-electron chi connectivity index (χ3n) is 11.7. The molecule has 0 saturated carbocycles. The molecule has 0 unspecified atom stereocenters. The molecule has 1 aliphatic heterocycles. The highest BCUT2D eigenvalue weighted by Gasteiger charge is 2.50. The van der Waals surface area contributed by atoms with Crippen molar-refractivity contribution in [3.05, 3.63) is 198 Å². The smallest absolute Gasteiger partial charge is 0.159 e. The molecule has 0 amide bonds. The van der Waals surface area contributed by atoms with Gasteiger partial charge in [0.1, 0.15) is 5.58 Å². The van der Waals surface area contributed by atoms with Crippen molar-refractivity contribution < 1.29 is 4.42 Å². The Hall–Kier alpha value is -6.07. The first-order valence-corrected chi connectivity index (χ1v) is 20.1. The van der Waals surface area contributed by atoms with Crippen molar-refractivity contribution in [3.63, 3.8) is 0 Å². The third kappa shape index (κ3) is 3.96. The van der Waals surface area contributed by atoms with Gasteiger partial charge in [-0.3, -0.25) is 0 Å². The number of para-hydroxylation sites is 3. The fourth-order valence-electron chi connectivity index (χ4n) is 9.43. The van der Waals surface area contributed by atoms with Crippen LogP contribution in [0.1, 0.15) is 27.8 Å². The summed E-state index contributed by atoms with van der Waals surface area (Å²) in [6.07, 6.45) is 0. The molecule has 4 heteroatoms. The van der Waals surface area contributed by atoms with E-state index in [0.29, 0.717) is 0 Å². The summed E-state index contributed by atoms with van der Waals surface area (Å²) < 4.78 is 9.35. The van der Waals surface area contributed by atoms with Gasteiger partial charge in [0, 0.05) is 52.1 Å². The molecule has 0 bridgehead atoms. The van der Waals surface area contributed by atoms with Gasteiger partial charge in [-0.2, -0.15) is 0 Å². The Morgan fingerprint density at radius 3 is 2.02 bits per heavy atom. The second kappa shape index (κ2) is 11.2. The molecule has 0 fully saturated rings. The molecule has 2 aromatic heterocycles. The largest absolute Gasteiger partial charge is 0.454 e. The molecule has 2 aliphatic rings. The molecule has 2 nitrogen and oxygen atoms in total. The van der Waals surface area contributed by atoms with Gasteiger partial charge in [0.25, 0.3) is 0 Å². The molecule has 1 aliphatic carbocycles. The zero-order chi connectivity index (χ0) is 35.5. The number of rotatable bonds is 3. The van der Waals surface area contributed by atoms with E-state index in [2.05, 4.69) is 176 Å². The fourth-order valence-corrected chi connectivity index (χ4v) is 12.0. The summed E-state index contributed by atoms with van der Waals surface area (Å²) in [7, 11) is 0.